The van der Waals surface area contributed by atoms with E-state index in [0.29, 0.717) is 11.5 Å². The van der Waals surface area contributed by atoms with Crippen LogP contribution in [-0.2, 0) is 9.84 Å². The Hall–Kier alpha value is -0.0600. The van der Waals surface area contributed by atoms with Crippen molar-refractivity contribution in [3.8, 4) is 0 Å². The molecule has 0 aromatic carbocycles. The van der Waals surface area contributed by atoms with Crippen molar-refractivity contribution in [2.75, 3.05) is 37.7 Å². The standard InChI is InChI=1S/C10H18NO2S.ClH/c1-10-3-2-4-11(9-10)5-7-14(12,13)8-6-11;/h3H,2,4-9H2,1H3;1H/q+1;/p-1. The second-order valence-corrected chi connectivity index (χ2v) is 6.97. The Balaban J connectivity index is 0.00000112. The van der Waals surface area contributed by atoms with E-state index < -0.39 is 9.84 Å². The molecular formula is C10H18ClNO2S. The maximum absolute atomic E-state index is 11.3. The molecule has 0 saturated carbocycles. The maximum Gasteiger partial charge on any atom is 0.161 e. The highest BCUT2D eigenvalue weighted by molar-refractivity contribution is 7.91. The summed E-state index contributed by atoms with van der Waals surface area (Å²) in [5, 5.41) is 0. The number of hydrogen-bond donors (Lipinski definition) is 0. The molecule has 0 bridgehead atoms. The lowest BCUT2D eigenvalue weighted by Crippen LogP contribution is -3.00. The molecule has 5 heteroatoms. The van der Waals surface area contributed by atoms with Crippen molar-refractivity contribution in [3.05, 3.63) is 11.6 Å². The first-order valence-electron chi connectivity index (χ1n) is 5.23. The molecule has 0 aliphatic carbocycles. The predicted octanol–water partition coefficient (Wildman–Crippen LogP) is -2.41. The molecule has 0 amide bonds. The summed E-state index contributed by atoms with van der Waals surface area (Å²) in [6.07, 6.45) is 3.40. The van der Waals surface area contributed by atoms with E-state index in [1.807, 2.05) is 0 Å². The van der Waals surface area contributed by atoms with Gasteiger partial charge in [0.1, 0.15) is 6.54 Å². The van der Waals surface area contributed by atoms with Gasteiger partial charge in [-0.2, -0.15) is 0 Å². The van der Waals surface area contributed by atoms with Crippen molar-refractivity contribution in [1.82, 2.24) is 0 Å². The first kappa shape index (κ1) is 13.0. The van der Waals surface area contributed by atoms with E-state index in [2.05, 4.69) is 13.0 Å². The Kier molecular flexibility index (Phi) is 3.85. The summed E-state index contributed by atoms with van der Waals surface area (Å²) in [7, 11) is -2.71. The van der Waals surface area contributed by atoms with Crippen LogP contribution in [-0.4, -0.2) is 50.6 Å². The van der Waals surface area contributed by atoms with Crippen LogP contribution in [0, 0.1) is 0 Å². The monoisotopic (exact) mass is 251 g/mol. The molecule has 2 aliphatic rings. The highest BCUT2D eigenvalue weighted by Crippen LogP contribution is 2.22. The van der Waals surface area contributed by atoms with Crippen LogP contribution < -0.4 is 12.4 Å². The van der Waals surface area contributed by atoms with Gasteiger partial charge in [-0.25, -0.2) is 8.42 Å². The van der Waals surface area contributed by atoms with Gasteiger partial charge in [0.2, 0.25) is 0 Å². The van der Waals surface area contributed by atoms with Gasteiger partial charge >= 0.3 is 0 Å². The minimum atomic E-state index is -2.71. The zero-order chi connectivity index (χ0) is 10.2. The SMILES string of the molecule is CC1=CCC[N+]2(CCS(=O)(=O)CC2)C1.[Cl-]. The van der Waals surface area contributed by atoms with E-state index in [4.69, 9.17) is 0 Å². The first-order valence-corrected chi connectivity index (χ1v) is 7.05. The van der Waals surface area contributed by atoms with Crippen LogP contribution in [0.2, 0.25) is 0 Å². The van der Waals surface area contributed by atoms with Gasteiger partial charge in [-0.3, -0.25) is 0 Å². The molecule has 2 rings (SSSR count). The molecule has 3 nitrogen and oxygen atoms in total. The quantitative estimate of drug-likeness (QED) is 0.355. The van der Waals surface area contributed by atoms with Gasteiger partial charge in [-0.05, 0) is 12.5 Å². The van der Waals surface area contributed by atoms with Crippen LogP contribution >= 0.6 is 0 Å². The Bertz CT molecular complexity index is 348. The number of hydrogen-bond acceptors (Lipinski definition) is 2. The van der Waals surface area contributed by atoms with Gasteiger partial charge in [-0.1, -0.05) is 6.08 Å². The van der Waals surface area contributed by atoms with Gasteiger partial charge in [0.25, 0.3) is 0 Å². The Morgan fingerprint density at radius 2 is 1.80 bits per heavy atom. The third-order valence-electron chi connectivity index (χ3n) is 3.43. The average Bonchev–Trinajstić information content (AvgIpc) is 2.12. The third-order valence-corrected chi connectivity index (χ3v) is 5.04. The number of sulfone groups is 1. The van der Waals surface area contributed by atoms with Gasteiger partial charge in [0, 0.05) is 6.42 Å². The zero-order valence-electron chi connectivity index (χ0n) is 9.08. The molecular weight excluding hydrogens is 234 g/mol. The predicted molar refractivity (Wildman–Crippen MR) is 56.8 cm³/mol. The lowest BCUT2D eigenvalue weighted by atomic mass is 10.1. The fourth-order valence-corrected chi connectivity index (χ4v) is 4.05. The molecule has 0 aromatic heterocycles. The summed E-state index contributed by atoms with van der Waals surface area (Å²) >= 11 is 0. The van der Waals surface area contributed by atoms with Crippen LogP contribution in [0.1, 0.15) is 13.3 Å². The van der Waals surface area contributed by atoms with Crippen LogP contribution in [0.5, 0.6) is 0 Å². The molecule has 0 N–H and O–H groups in total. The van der Waals surface area contributed by atoms with Crippen molar-refractivity contribution in [1.29, 1.82) is 0 Å². The molecule has 15 heavy (non-hydrogen) atoms. The van der Waals surface area contributed by atoms with E-state index in [9.17, 15) is 8.42 Å². The normalized spacial score (nSPS) is 27.9. The number of quaternary nitrogens is 1. The van der Waals surface area contributed by atoms with Gasteiger partial charge in [0.05, 0.1) is 31.1 Å². The van der Waals surface area contributed by atoms with E-state index >= 15 is 0 Å². The highest BCUT2D eigenvalue weighted by Gasteiger charge is 2.36. The van der Waals surface area contributed by atoms with E-state index in [-0.39, 0.29) is 12.4 Å². The van der Waals surface area contributed by atoms with Crippen molar-refractivity contribution in [2.24, 2.45) is 0 Å². The van der Waals surface area contributed by atoms with E-state index in [1.54, 1.807) is 0 Å². The third kappa shape index (κ3) is 2.95. The fourth-order valence-electron chi connectivity index (χ4n) is 2.52. The van der Waals surface area contributed by atoms with Crippen molar-refractivity contribution < 1.29 is 25.3 Å². The summed E-state index contributed by atoms with van der Waals surface area (Å²) in [4.78, 5) is 0. The molecule has 2 aliphatic heterocycles. The van der Waals surface area contributed by atoms with Crippen molar-refractivity contribution in [2.45, 2.75) is 13.3 Å². The van der Waals surface area contributed by atoms with Crippen LogP contribution in [0.25, 0.3) is 0 Å². The molecule has 0 atom stereocenters. The summed E-state index contributed by atoms with van der Waals surface area (Å²) in [5.74, 6) is 0.778. The molecule has 88 valence electrons. The summed E-state index contributed by atoms with van der Waals surface area (Å²) in [6.45, 7) is 6.01. The lowest BCUT2D eigenvalue weighted by Gasteiger charge is -2.43. The number of halogens is 1. The van der Waals surface area contributed by atoms with Gasteiger partial charge in [0.15, 0.2) is 9.84 Å². The lowest BCUT2D eigenvalue weighted by molar-refractivity contribution is -0.921. The van der Waals surface area contributed by atoms with Crippen molar-refractivity contribution >= 4 is 9.84 Å². The van der Waals surface area contributed by atoms with Gasteiger partial charge < -0.3 is 16.9 Å². The second kappa shape index (κ2) is 4.44. The second-order valence-electron chi connectivity index (χ2n) is 4.66. The molecule has 0 radical (unpaired) electrons. The maximum atomic E-state index is 11.3. The van der Waals surface area contributed by atoms with Crippen LogP contribution in [0.15, 0.2) is 11.6 Å². The molecule has 2 heterocycles. The van der Waals surface area contributed by atoms with Crippen molar-refractivity contribution in [3.63, 3.8) is 0 Å². The average molecular weight is 252 g/mol. The Morgan fingerprint density at radius 3 is 2.33 bits per heavy atom. The number of rotatable bonds is 0. The first-order chi connectivity index (χ1) is 6.52. The minimum Gasteiger partial charge on any atom is -1.00 e. The summed E-state index contributed by atoms with van der Waals surface area (Å²) in [6, 6.07) is 0. The molecule has 1 saturated heterocycles. The Morgan fingerprint density at radius 1 is 1.20 bits per heavy atom. The summed E-state index contributed by atoms with van der Waals surface area (Å²) in [5.41, 5.74) is 1.43. The molecule has 1 spiro atoms. The fraction of sp³-hybridized carbons (Fsp3) is 0.800. The smallest absolute Gasteiger partial charge is 0.161 e. The molecule has 0 unspecified atom stereocenters. The zero-order valence-corrected chi connectivity index (χ0v) is 10.6. The highest BCUT2D eigenvalue weighted by atomic mass is 35.5. The Labute approximate surface area is 98.1 Å². The minimum absolute atomic E-state index is 0. The molecule has 1 fully saturated rings. The van der Waals surface area contributed by atoms with Gasteiger partial charge in [-0.15, -0.1) is 0 Å². The van der Waals surface area contributed by atoms with Crippen LogP contribution in [0.3, 0.4) is 0 Å². The van der Waals surface area contributed by atoms with E-state index in [0.717, 1.165) is 37.1 Å². The topological polar surface area (TPSA) is 34.1 Å². The van der Waals surface area contributed by atoms with E-state index in [1.165, 1.54) is 5.57 Å². The number of nitrogens with zero attached hydrogens (tertiary/aromatic N) is 1. The molecule has 0 aromatic rings. The van der Waals surface area contributed by atoms with Crippen LogP contribution in [0.4, 0.5) is 0 Å². The largest absolute Gasteiger partial charge is 1.00 e. The summed E-state index contributed by atoms with van der Waals surface area (Å²) < 4.78 is 23.7.